The minimum atomic E-state index is -1.50. The second-order valence-electron chi connectivity index (χ2n) is 13.2. The number of carbonyl (C=O) groups is 4. The van der Waals surface area contributed by atoms with Gasteiger partial charge in [0.25, 0.3) is 0 Å². The van der Waals surface area contributed by atoms with Gasteiger partial charge in [0.1, 0.15) is 11.8 Å². The predicted octanol–water partition coefficient (Wildman–Crippen LogP) is 7.16. The van der Waals surface area contributed by atoms with Gasteiger partial charge in [0.15, 0.2) is 11.6 Å². The van der Waals surface area contributed by atoms with Crippen LogP contribution in [0, 0.1) is 5.92 Å². The molecule has 2 amide bonds. The number of aromatic nitrogens is 2. The Morgan fingerprint density at radius 3 is 2.00 bits per heavy atom. The number of ether oxygens (including phenoxy) is 1. The van der Waals surface area contributed by atoms with Crippen LogP contribution in [0.3, 0.4) is 0 Å². The van der Waals surface area contributed by atoms with Gasteiger partial charge in [-0.3, -0.25) is 14.4 Å². The summed E-state index contributed by atoms with van der Waals surface area (Å²) in [5, 5.41) is 12.0. The molecular weight excluding hydrogens is 644 g/mol. The fourth-order valence-corrected chi connectivity index (χ4v) is 5.68. The van der Waals surface area contributed by atoms with E-state index in [9.17, 15) is 24.3 Å². The average Bonchev–Trinajstić information content (AvgIpc) is 3.13. The van der Waals surface area contributed by atoms with Gasteiger partial charge in [-0.2, -0.15) is 0 Å². The Bertz CT molecular complexity index is 1740. The fourth-order valence-electron chi connectivity index (χ4n) is 5.68. The molecule has 4 rings (SSSR count). The number of nitrogens with two attached hydrogens (primary N) is 1. The number of carboxylic acids is 1. The molecule has 0 fully saturated rings. The number of carbonyl (C=O) groups excluding carboxylic acids is 3. The molecule has 0 spiro atoms. The van der Waals surface area contributed by atoms with Crippen LogP contribution in [0.15, 0.2) is 85.2 Å². The van der Waals surface area contributed by atoms with E-state index in [2.05, 4.69) is 36.1 Å². The third-order valence-corrected chi connectivity index (χ3v) is 8.77. The van der Waals surface area contributed by atoms with E-state index in [-0.39, 0.29) is 18.6 Å². The van der Waals surface area contributed by atoms with Gasteiger partial charge in [-0.1, -0.05) is 107 Å². The third kappa shape index (κ3) is 11.9. The summed E-state index contributed by atoms with van der Waals surface area (Å²) in [7, 11) is 0. The molecule has 4 aromatic rings. The van der Waals surface area contributed by atoms with Gasteiger partial charge in [0, 0.05) is 41.4 Å². The number of unbranched alkanes of at least 4 members (excludes halogenated alkanes) is 4. The highest BCUT2D eigenvalue weighted by atomic mass is 16.5. The van der Waals surface area contributed by atoms with Crippen LogP contribution in [-0.4, -0.2) is 51.3 Å². The number of carboxylic acid groups (broad SMARTS) is 1. The summed E-state index contributed by atoms with van der Waals surface area (Å²) in [5.74, 6) is -2.40. The molecule has 0 aliphatic rings. The van der Waals surface area contributed by atoms with Crippen LogP contribution in [0.5, 0.6) is 5.75 Å². The molecule has 0 aliphatic heterocycles. The lowest BCUT2D eigenvalue weighted by Crippen LogP contribution is -2.46. The molecule has 3 aromatic carbocycles. The van der Waals surface area contributed by atoms with Crippen LogP contribution >= 0.6 is 0 Å². The van der Waals surface area contributed by atoms with Crippen LogP contribution in [0.2, 0.25) is 0 Å². The van der Waals surface area contributed by atoms with Crippen molar-refractivity contribution in [3.8, 4) is 28.3 Å². The lowest BCUT2D eigenvalue weighted by Gasteiger charge is -2.20. The molecule has 0 saturated carbocycles. The smallest absolute Gasteiger partial charge is 0.326 e. The summed E-state index contributed by atoms with van der Waals surface area (Å²) in [6, 6.07) is 21.0. The summed E-state index contributed by atoms with van der Waals surface area (Å²) >= 11 is 0. The Kier molecular flexibility index (Phi) is 14.4. The van der Waals surface area contributed by atoms with Crippen molar-refractivity contribution < 1.29 is 29.0 Å². The van der Waals surface area contributed by atoms with Crippen molar-refractivity contribution >= 4 is 23.6 Å². The first kappa shape index (κ1) is 38.4. The molecule has 1 heterocycles. The van der Waals surface area contributed by atoms with E-state index in [1.807, 2.05) is 60.7 Å². The number of amides is 2. The topological polar surface area (TPSA) is 162 Å². The van der Waals surface area contributed by atoms with Crippen LogP contribution in [-0.2, 0) is 20.8 Å². The summed E-state index contributed by atoms with van der Waals surface area (Å²) in [6.45, 7) is 7.03. The Morgan fingerprint density at radius 2 is 1.41 bits per heavy atom. The maximum absolute atomic E-state index is 13.4. The highest BCUT2D eigenvalue weighted by molar-refractivity contribution is 5.99. The van der Waals surface area contributed by atoms with E-state index in [1.165, 1.54) is 25.7 Å². The number of primary amides is 1. The molecule has 10 heteroatoms. The van der Waals surface area contributed by atoms with E-state index in [0.29, 0.717) is 23.9 Å². The Labute approximate surface area is 299 Å². The molecule has 0 saturated heterocycles. The highest BCUT2D eigenvalue weighted by Gasteiger charge is 2.29. The standard InChI is InChI=1S/C41H48N4O6/c1-4-5-6-7-8-21-51-35-19-17-30(18-20-35)34-25-43-39(44-26-34)32-11-9-28(10-12-32)22-33(40(48)45-36(41(49)50)24-38(42)47)23-37(46)31-15-13-29(14-16-31)27(2)3/h9-20,25-27,33,36H,4-8,21-24H2,1-3H3,(H2,42,47)(H,45,48)(H,49,50)/t33-,36+/m1/s1. The second-order valence-corrected chi connectivity index (χ2v) is 13.2. The Morgan fingerprint density at radius 1 is 0.784 bits per heavy atom. The zero-order chi connectivity index (χ0) is 36.8. The zero-order valence-electron chi connectivity index (χ0n) is 29.6. The first-order valence-electron chi connectivity index (χ1n) is 17.6. The summed E-state index contributed by atoms with van der Waals surface area (Å²) in [6.07, 6.45) is 8.93. The van der Waals surface area contributed by atoms with Crippen molar-refractivity contribution in [1.82, 2.24) is 15.3 Å². The van der Waals surface area contributed by atoms with E-state index in [0.717, 1.165) is 40.0 Å². The lowest BCUT2D eigenvalue weighted by molar-refractivity contribution is -0.143. The maximum Gasteiger partial charge on any atom is 0.326 e. The highest BCUT2D eigenvalue weighted by Crippen LogP contribution is 2.25. The largest absolute Gasteiger partial charge is 0.494 e. The van der Waals surface area contributed by atoms with Crippen molar-refractivity contribution in [3.05, 3.63) is 102 Å². The van der Waals surface area contributed by atoms with Crippen molar-refractivity contribution in [2.75, 3.05) is 6.61 Å². The number of rotatable bonds is 20. The lowest BCUT2D eigenvalue weighted by atomic mass is 9.90. The summed E-state index contributed by atoms with van der Waals surface area (Å²) in [5.41, 5.74) is 10.1. The average molecular weight is 693 g/mol. The van der Waals surface area contributed by atoms with Gasteiger partial charge >= 0.3 is 5.97 Å². The molecule has 51 heavy (non-hydrogen) atoms. The number of nitrogens with one attached hydrogen (secondary N) is 1. The van der Waals surface area contributed by atoms with E-state index >= 15 is 0 Å². The zero-order valence-corrected chi connectivity index (χ0v) is 29.6. The fraction of sp³-hybridized carbons (Fsp3) is 0.366. The number of nitrogens with zero attached hydrogens (tertiary/aromatic N) is 2. The molecular formula is C41H48N4O6. The first-order chi connectivity index (χ1) is 24.5. The van der Waals surface area contributed by atoms with Gasteiger partial charge in [-0.15, -0.1) is 0 Å². The number of hydrogen-bond donors (Lipinski definition) is 3. The minimum Gasteiger partial charge on any atom is -0.494 e. The molecule has 0 unspecified atom stereocenters. The monoisotopic (exact) mass is 692 g/mol. The third-order valence-electron chi connectivity index (χ3n) is 8.77. The van der Waals surface area contributed by atoms with Crippen molar-refractivity contribution in [2.24, 2.45) is 11.7 Å². The Hall–Kier alpha value is -5.38. The van der Waals surface area contributed by atoms with Crippen LogP contribution < -0.4 is 15.8 Å². The molecule has 4 N–H and O–H groups in total. The number of hydrogen-bond acceptors (Lipinski definition) is 7. The molecule has 2 atom stereocenters. The summed E-state index contributed by atoms with van der Waals surface area (Å²) in [4.78, 5) is 59.0. The van der Waals surface area contributed by atoms with Gasteiger partial charge < -0.3 is 20.9 Å². The molecule has 0 aliphatic carbocycles. The summed E-state index contributed by atoms with van der Waals surface area (Å²) < 4.78 is 5.88. The Balaban J connectivity index is 1.43. The number of ketones is 1. The van der Waals surface area contributed by atoms with E-state index in [4.69, 9.17) is 10.5 Å². The molecule has 0 radical (unpaired) electrons. The van der Waals surface area contributed by atoms with Gasteiger partial charge in [-0.05, 0) is 47.6 Å². The van der Waals surface area contributed by atoms with Crippen molar-refractivity contribution in [3.63, 3.8) is 0 Å². The van der Waals surface area contributed by atoms with E-state index in [1.54, 1.807) is 24.5 Å². The van der Waals surface area contributed by atoms with Gasteiger partial charge in [0.05, 0.1) is 13.0 Å². The molecule has 0 bridgehead atoms. The van der Waals surface area contributed by atoms with Gasteiger partial charge in [-0.25, -0.2) is 14.8 Å². The molecule has 10 nitrogen and oxygen atoms in total. The number of aliphatic carboxylic acids is 1. The predicted molar refractivity (Wildman–Crippen MR) is 197 cm³/mol. The first-order valence-corrected chi connectivity index (χ1v) is 17.6. The van der Waals surface area contributed by atoms with Crippen molar-refractivity contribution in [2.45, 2.75) is 84.1 Å². The van der Waals surface area contributed by atoms with E-state index < -0.39 is 36.2 Å². The quantitative estimate of drug-likeness (QED) is 0.0649. The number of Topliss-reactive ketones (excluding diaryl/α,β-unsaturated/α-hetero) is 1. The molecule has 1 aromatic heterocycles. The maximum atomic E-state index is 13.4. The molecule has 268 valence electrons. The van der Waals surface area contributed by atoms with Gasteiger partial charge in [0.2, 0.25) is 11.8 Å². The number of benzene rings is 3. The minimum absolute atomic E-state index is 0.156. The normalized spacial score (nSPS) is 12.2. The second kappa shape index (κ2) is 19.1. The van der Waals surface area contributed by atoms with Crippen LogP contribution in [0.25, 0.3) is 22.5 Å². The van der Waals surface area contributed by atoms with Crippen LogP contribution in [0.4, 0.5) is 0 Å². The SMILES string of the molecule is CCCCCCCOc1ccc(-c2cnc(-c3ccc(C[C@H](CC(=O)c4ccc(C(C)C)cc4)C(=O)N[C@@H](CC(N)=O)C(=O)O)cc3)nc2)cc1. The van der Waals surface area contributed by atoms with Crippen molar-refractivity contribution in [1.29, 1.82) is 0 Å². The van der Waals surface area contributed by atoms with Crippen LogP contribution in [0.1, 0.15) is 93.1 Å².